The van der Waals surface area contributed by atoms with Crippen LogP contribution in [0.25, 0.3) is 0 Å². The van der Waals surface area contributed by atoms with Crippen LogP contribution in [0.4, 0.5) is 5.82 Å². The molecule has 1 saturated heterocycles. The number of primary amides is 1. The second-order valence-electron chi connectivity index (χ2n) is 6.55. The zero-order valence-electron chi connectivity index (χ0n) is 13.9. The topological polar surface area (TPSA) is 115 Å². The fraction of sp³-hybridized carbons (Fsp3) is 0.625. The summed E-state index contributed by atoms with van der Waals surface area (Å²) in [5.74, 6) is 1.02. The monoisotopic (exact) mass is 352 g/mol. The molecule has 0 aromatic carbocycles. The van der Waals surface area contributed by atoms with Gasteiger partial charge in [-0.05, 0) is 26.7 Å². The fourth-order valence-electron chi connectivity index (χ4n) is 3.08. The third-order valence-corrected chi connectivity index (χ3v) is 5.62. The molecule has 8 heteroatoms. The van der Waals surface area contributed by atoms with E-state index in [0.29, 0.717) is 10.8 Å². The molecule has 24 heavy (non-hydrogen) atoms. The van der Waals surface area contributed by atoms with Gasteiger partial charge in [0.05, 0.1) is 18.2 Å². The Kier molecular flexibility index (Phi) is 4.89. The normalized spacial score (nSPS) is 24.3. The SMILES string of the molecule is CC(C)Oc1cc(N2CCC(O)CC2)nc2c1C(N)C(C(N)=O)S2. The van der Waals surface area contributed by atoms with Crippen molar-refractivity contribution in [2.75, 3.05) is 18.0 Å². The number of aliphatic hydroxyl groups excluding tert-OH is 1. The van der Waals surface area contributed by atoms with Crippen molar-refractivity contribution in [3.63, 3.8) is 0 Å². The predicted octanol–water partition coefficient (Wildman–Crippen LogP) is 0.789. The molecule has 0 radical (unpaired) electrons. The summed E-state index contributed by atoms with van der Waals surface area (Å²) >= 11 is 1.31. The highest BCUT2D eigenvalue weighted by atomic mass is 32.2. The maximum absolute atomic E-state index is 11.7. The third-order valence-electron chi connectivity index (χ3n) is 4.30. The first-order valence-electron chi connectivity index (χ1n) is 8.23. The molecule has 2 aliphatic rings. The third kappa shape index (κ3) is 3.31. The van der Waals surface area contributed by atoms with Gasteiger partial charge in [0.2, 0.25) is 5.91 Å². The molecule has 0 aliphatic carbocycles. The molecule has 1 fully saturated rings. The number of rotatable bonds is 4. The number of pyridine rings is 1. The lowest BCUT2D eigenvalue weighted by molar-refractivity contribution is -0.117. The number of fused-ring (bicyclic) bond motifs is 1. The molecule has 132 valence electrons. The molecule has 1 aromatic rings. The Morgan fingerprint density at radius 2 is 2.12 bits per heavy atom. The highest BCUT2D eigenvalue weighted by Crippen LogP contribution is 2.47. The van der Waals surface area contributed by atoms with Gasteiger partial charge in [-0.2, -0.15) is 0 Å². The van der Waals surface area contributed by atoms with Gasteiger partial charge in [0.25, 0.3) is 0 Å². The average Bonchev–Trinajstić information content (AvgIpc) is 2.85. The maximum atomic E-state index is 11.7. The van der Waals surface area contributed by atoms with Crippen LogP contribution in [0.15, 0.2) is 11.1 Å². The van der Waals surface area contributed by atoms with E-state index in [1.54, 1.807) is 0 Å². The van der Waals surface area contributed by atoms with E-state index in [2.05, 4.69) is 4.90 Å². The van der Waals surface area contributed by atoms with Crippen LogP contribution in [-0.2, 0) is 4.79 Å². The number of anilines is 1. The molecule has 0 bridgehead atoms. The molecule has 7 nitrogen and oxygen atoms in total. The maximum Gasteiger partial charge on any atom is 0.232 e. The number of aliphatic hydroxyl groups is 1. The molecule has 2 unspecified atom stereocenters. The van der Waals surface area contributed by atoms with Gasteiger partial charge in [0, 0.05) is 24.7 Å². The summed E-state index contributed by atoms with van der Waals surface area (Å²) in [7, 11) is 0. The number of carbonyl (C=O) groups is 1. The number of hydrogen-bond acceptors (Lipinski definition) is 7. The van der Waals surface area contributed by atoms with E-state index in [4.69, 9.17) is 21.2 Å². The van der Waals surface area contributed by atoms with Crippen LogP contribution >= 0.6 is 11.8 Å². The quantitative estimate of drug-likeness (QED) is 0.734. The van der Waals surface area contributed by atoms with Gasteiger partial charge in [-0.1, -0.05) is 11.8 Å². The van der Waals surface area contributed by atoms with Crippen molar-refractivity contribution in [1.82, 2.24) is 4.98 Å². The van der Waals surface area contributed by atoms with Crippen LogP contribution in [-0.4, -0.2) is 46.5 Å². The van der Waals surface area contributed by atoms with E-state index in [9.17, 15) is 9.90 Å². The van der Waals surface area contributed by atoms with Gasteiger partial charge >= 0.3 is 0 Å². The molecule has 3 rings (SSSR count). The number of thioether (sulfide) groups is 1. The minimum absolute atomic E-state index is 0.0163. The van der Waals surface area contributed by atoms with Crippen molar-refractivity contribution < 1.29 is 14.6 Å². The van der Waals surface area contributed by atoms with Gasteiger partial charge in [-0.15, -0.1) is 0 Å². The Morgan fingerprint density at radius 1 is 1.46 bits per heavy atom. The Balaban J connectivity index is 1.96. The second-order valence-corrected chi connectivity index (χ2v) is 7.68. The summed E-state index contributed by atoms with van der Waals surface area (Å²) in [5.41, 5.74) is 12.5. The Hall–Kier alpha value is -1.51. The molecule has 3 heterocycles. The van der Waals surface area contributed by atoms with Crippen LogP contribution in [0, 0.1) is 0 Å². The summed E-state index contributed by atoms with van der Waals surface area (Å²) in [4.78, 5) is 18.5. The first-order chi connectivity index (χ1) is 11.4. The Morgan fingerprint density at radius 3 is 2.71 bits per heavy atom. The zero-order chi connectivity index (χ0) is 17.4. The van der Waals surface area contributed by atoms with Crippen molar-refractivity contribution in [3.05, 3.63) is 11.6 Å². The number of ether oxygens (including phenoxy) is 1. The number of nitrogens with zero attached hydrogens (tertiary/aromatic N) is 2. The molecular weight excluding hydrogens is 328 g/mol. The van der Waals surface area contributed by atoms with Crippen LogP contribution in [0.3, 0.4) is 0 Å². The lowest BCUT2D eigenvalue weighted by atomic mass is 10.0. The fourth-order valence-corrected chi connectivity index (χ4v) is 4.23. The minimum Gasteiger partial charge on any atom is -0.490 e. The Labute approximate surface area is 145 Å². The number of hydrogen-bond donors (Lipinski definition) is 3. The van der Waals surface area contributed by atoms with Gasteiger partial charge in [-0.3, -0.25) is 4.79 Å². The molecule has 5 N–H and O–H groups in total. The van der Waals surface area contributed by atoms with E-state index in [1.165, 1.54) is 11.8 Å². The number of aromatic nitrogens is 1. The Bertz CT molecular complexity index is 632. The number of carbonyl (C=O) groups excluding carboxylic acids is 1. The van der Waals surface area contributed by atoms with E-state index < -0.39 is 17.2 Å². The van der Waals surface area contributed by atoms with Gasteiger partial charge < -0.3 is 26.2 Å². The van der Waals surface area contributed by atoms with E-state index in [1.807, 2.05) is 19.9 Å². The zero-order valence-corrected chi connectivity index (χ0v) is 14.8. The molecule has 0 spiro atoms. The van der Waals surface area contributed by atoms with Gasteiger partial charge in [0.15, 0.2) is 0 Å². The lowest BCUT2D eigenvalue weighted by Crippen LogP contribution is -2.36. The summed E-state index contributed by atoms with van der Waals surface area (Å²) in [6.07, 6.45) is 1.17. The van der Waals surface area contributed by atoms with Crippen molar-refractivity contribution in [3.8, 4) is 5.75 Å². The number of piperidine rings is 1. The average molecular weight is 352 g/mol. The summed E-state index contributed by atoms with van der Waals surface area (Å²) < 4.78 is 5.95. The second kappa shape index (κ2) is 6.78. The number of amides is 1. The van der Waals surface area contributed by atoms with Crippen LogP contribution < -0.4 is 21.1 Å². The first-order valence-corrected chi connectivity index (χ1v) is 9.11. The summed E-state index contributed by atoms with van der Waals surface area (Å²) in [5, 5.41) is 9.88. The number of nitrogens with two attached hydrogens (primary N) is 2. The molecule has 2 aliphatic heterocycles. The molecule has 1 aromatic heterocycles. The first kappa shape index (κ1) is 17.3. The predicted molar refractivity (Wildman–Crippen MR) is 93.2 cm³/mol. The van der Waals surface area contributed by atoms with Crippen LogP contribution in [0.1, 0.15) is 38.3 Å². The van der Waals surface area contributed by atoms with Crippen LogP contribution in [0.2, 0.25) is 0 Å². The summed E-state index contributed by atoms with van der Waals surface area (Å²) in [6, 6.07) is 1.38. The van der Waals surface area contributed by atoms with Gasteiger partial charge in [-0.25, -0.2) is 4.98 Å². The lowest BCUT2D eigenvalue weighted by Gasteiger charge is -2.31. The minimum atomic E-state index is -0.527. The standard InChI is InChI=1S/C16H24N4O3S/c1-8(2)23-10-7-11(20-5-3-9(21)4-6-20)19-16-12(10)13(17)14(24-16)15(18)22/h7-9,13-14,21H,3-6,17H2,1-2H3,(H2,18,22). The summed E-state index contributed by atoms with van der Waals surface area (Å²) in [6.45, 7) is 5.37. The highest BCUT2D eigenvalue weighted by molar-refractivity contribution is 8.01. The van der Waals surface area contributed by atoms with Crippen molar-refractivity contribution in [1.29, 1.82) is 0 Å². The molecular formula is C16H24N4O3S. The van der Waals surface area contributed by atoms with Crippen molar-refractivity contribution in [2.24, 2.45) is 11.5 Å². The van der Waals surface area contributed by atoms with Gasteiger partial charge in [0.1, 0.15) is 21.8 Å². The molecule has 0 saturated carbocycles. The van der Waals surface area contributed by atoms with E-state index >= 15 is 0 Å². The van der Waals surface area contributed by atoms with E-state index in [-0.39, 0.29) is 12.2 Å². The van der Waals surface area contributed by atoms with Crippen molar-refractivity contribution >= 4 is 23.5 Å². The highest BCUT2D eigenvalue weighted by Gasteiger charge is 2.39. The van der Waals surface area contributed by atoms with Crippen LogP contribution in [0.5, 0.6) is 5.75 Å². The molecule has 2 atom stereocenters. The van der Waals surface area contributed by atoms with E-state index in [0.717, 1.165) is 37.3 Å². The van der Waals surface area contributed by atoms with Crippen molar-refractivity contribution in [2.45, 2.75) is 55.2 Å². The smallest absolute Gasteiger partial charge is 0.232 e. The molecule has 1 amide bonds. The largest absolute Gasteiger partial charge is 0.490 e.